The normalized spacial score (nSPS) is 16.1. The topological polar surface area (TPSA) is 72.6 Å². The van der Waals surface area contributed by atoms with E-state index in [-0.39, 0.29) is 16.0 Å². The van der Waals surface area contributed by atoms with E-state index in [4.69, 9.17) is 4.74 Å². The molecule has 1 aromatic carbocycles. The van der Waals surface area contributed by atoms with E-state index in [0.29, 0.717) is 0 Å². The number of thioether (sulfide) groups is 2. The van der Waals surface area contributed by atoms with Gasteiger partial charge in [0.25, 0.3) is 0 Å². The number of hydrogen-bond acceptors (Lipinski definition) is 6. The van der Waals surface area contributed by atoms with Crippen molar-refractivity contribution in [2.75, 3.05) is 18.6 Å². The first-order valence-electron chi connectivity index (χ1n) is 4.92. The highest BCUT2D eigenvalue weighted by atomic mass is 32.2. The van der Waals surface area contributed by atoms with Crippen LogP contribution in [0, 0.1) is 10.1 Å². The number of phenolic OH excluding ortho intramolecular Hbond substituents is 1. The molecular weight excluding hydrogens is 262 g/mol. The van der Waals surface area contributed by atoms with Gasteiger partial charge in [-0.1, -0.05) is 0 Å². The number of methoxy groups -OCH3 is 1. The highest BCUT2D eigenvalue weighted by Crippen LogP contribution is 2.49. The van der Waals surface area contributed by atoms with E-state index in [2.05, 4.69) is 0 Å². The molecule has 7 heteroatoms. The smallest absolute Gasteiger partial charge is 0.315 e. The molecule has 0 atom stereocenters. The largest absolute Gasteiger partial charge is 0.500 e. The summed E-state index contributed by atoms with van der Waals surface area (Å²) in [5, 5.41) is 20.5. The Balaban J connectivity index is 2.46. The number of nitro groups is 1. The maximum Gasteiger partial charge on any atom is 0.315 e. The van der Waals surface area contributed by atoms with Gasteiger partial charge in [0.15, 0.2) is 5.75 Å². The Morgan fingerprint density at radius 2 is 2.12 bits per heavy atom. The standard InChI is InChI=1S/C10H11NO4S2/c1-15-8-5-6(10-16-2-3-17-10)4-7(9(8)12)11(13)14/h4-5,10,12H,2-3H2,1H3. The van der Waals surface area contributed by atoms with Gasteiger partial charge in [0.2, 0.25) is 5.75 Å². The maximum absolute atomic E-state index is 10.8. The Hall–Kier alpha value is -1.08. The summed E-state index contributed by atoms with van der Waals surface area (Å²) in [6.45, 7) is 0. The quantitative estimate of drug-likeness (QED) is 0.674. The van der Waals surface area contributed by atoms with E-state index in [1.54, 1.807) is 29.6 Å². The fraction of sp³-hybridized carbons (Fsp3) is 0.400. The van der Waals surface area contributed by atoms with Crippen molar-refractivity contribution in [3.63, 3.8) is 0 Å². The van der Waals surface area contributed by atoms with Crippen molar-refractivity contribution < 1.29 is 14.8 Å². The van der Waals surface area contributed by atoms with Gasteiger partial charge in [0.1, 0.15) is 0 Å². The Kier molecular flexibility index (Phi) is 3.68. The summed E-state index contributed by atoms with van der Waals surface area (Å²) in [5.74, 6) is 1.81. The van der Waals surface area contributed by atoms with Crippen LogP contribution in [0.3, 0.4) is 0 Å². The molecule has 0 aliphatic carbocycles. The summed E-state index contributed by atoms with van der Waals surface area (Å²) in [6, 6.07) is 3.09. The average molecular weight is 273 g/mol. The van der Waals surface area contributed by atoms with Gasteiger partial charge in [0, 0.05) is 17.6 Å². The number of aromatic hydroxyl groups is 1. The summed E-state index contributed by atoms with van der Waals surface area (Å²) in [6.07, 6.45) is 0. The number of rotatable bonds is 3. The predicted molar refractivity (Wildman–Crippen MR) is 69.0 cm³/mol. The van der Waals surface area contributed by atoms with Gasteiger partial charge in [0.05, 0.1) is 16.6 Å². The molecule has 1 aliphatic heterocycles. The third-order valence-electron chi connectivity index (χ3n) is 2.39. The highest BCUT2D eigenvalue weighted by Gasteiger charge is 2.25. The minimum absolute atomic E-state index is 0.155. The van der Waals surface area contributed by atoms with Crippen molar-refractivity contribution in [1.29, 1.82) is 0 Å². The lowest BCUT2D eigenvalue weighted by atomic mass is 10.2. The highest BCUT2D eigenvalue weighted by molar-refractivity contribution is 8.19. The summed E-state index contributed by atoms with van der Waals surface area (Å²) in [4.78, 5) is 10.2. The molecule has 0 amide bonds. The third kappa shape index (κ3) is 2.44. The molecule has 1 heterocycles. The van der Waals surface area contributed by atoms with Crippen LogP contribution in [0.4, 0.5) is 5.69 Å². The zero-order valence-corrected chi connectivity index (χ0v) is 10.7. The molecule has 0 radical (unpaired) electrons. The van der Waals surface area contributed by atoms with Crippen LogP contribution >= 0.6 is 23.5 Å². The Bertz CT molecular complexity index is 446. The van der Waals surface area contributed by atoms with Crippen LogP contribution in [-0.2, 0) is 0 Å². The molecule has 17 heavy (non-hydrogen) atoms. The van der Waals surface area contributed by atoms with Gasteiger partial charge in [-0.2, -0.15) is 0 Å². The summed E-state index contributed by atoms with van der Waals surface area (Å²) in [7, 11) is 1.39. The van der Waals surface area contributed by atoms with Crippen molar-refractivity contribution in [1.82, 2.24) is 0 Å². The zero-order chi connectivity index (χ0) is 12.4. The first kappa shape index (κ1) is 12.4. The lowest BCUT2D eigenvalue weighted by molar-refractivity contribution is -0.386. The molecule has 1 fully saturated rings. The number of nitrogens with zero attached hydrogens (tertiary/aromatic N) is 1. The van der Waals surface area contributed by atoms with Crippen LogP contribution in [0.5, 0.6) is 11.5 Å². The zero-order valence-electron chi connectivity index (χ0n) is 9.08. The fourth-order valence-corrected chi connectivity index (χ4v) is 4.41. The summed E-state index contributed by atoms with van der Waals surface area (Å²) < 4.78 is 5.15. The van der Waals surface area contributed by atoms with Crippen molar-refractivity contribution in [3.8, 4) is 11.5 Å². The van der Waals surface area contributed by atoms with E-state index >= 15 is 0 Å². The number of hydrogen-bond donors (Lipinski definition) is 1. The van der Waals surface area contributed by atoms with Crippen molar-refractivity contribution >= 4 is 29.2 Å². The number of ether oxygens (including phenoxy) is 1. The van der Waals surface area contributed by atoms with Gasteiger partial charge in [-0.15, -0.1) is 23.5 Å². The lowest BCUT2D eigenvalue weighted by Gasteiger charge is -2.11. The second-order valence-electron chi connectivity index (χ2n) is 3.42. The molecule has 0 spiro atoms. The fourth-order valence-electron chi connectivity index (χ4n) is 1.60. The van der Waals surface area contributed by atoms with Crippen LogP contribution in [-0.4, -0.2) is 28.6 Å². The molecule has 2 rings (SSSR count). The van der Waals surface area contributed by atoms with Crippen LogP contribution in [0.15, 0.2) is 12.1 Å². The molecule has 0 aromatic heterocycles. The minimum Gasteiger partial charge on any atom is -0.500 e. The summed E-state index contributed by atoms with van der Waals surface area (Å²) >= 11 is 3.49. The van der Waals surface area contributed by atoms with E-state index in [0.717, 1.165) is 17.1 Å². The summed E-state index contributed by atoms with van der Waals surface area (Å²) in [5.41, 5.74) is 0.520. The molecule has 0 unspecified atom stereocenters. The number of phenols is 1. The molecule has 92 valence electrons. The van der Waals surface area contributed by atoms with Crippen LogP contribution in [0.1, 0.15) is 10.1 Å². The van der Waals surface area contributed by atoms with E-state index in [1.165, 1.54) is 13.2 Å². The molecule has 1 aromatic rings. The Morgan fingerprint density at radius 3 is 2.65 bits per heavy atom. The maximum atomic E-state index is 10.8. The average Bonchev–Trinajstić information content (AvgIpc) is 2.82. The lowest BCUT2D eigenvalue weighted by Crippen LogP contribution is -1.95. The van der Waals surface area contributed by atoms with E-state index in [9.17, 15) is 15.2 Å². The van der Waals surface area contributed by atoms with Crippen molar-refractivity contribution in [2.45, 2.75) is 4.58 Å². The first-order valence-corrected chi connectivity index (χ1v) is 7.01. The number of benzene rings is 1. The molecule has 0 saturated carbocycles. The van der Waals surface area contributed by atoms with Crippen molar-refractivity contribution in [3.05, 3.63) is 27.8 Å². The van der Waals surface area contributed by atoms with E-state index < -0.39 is 10.7 Å². The van der Waals surface area contributed by atoms with Gasteiger partial charge < -0.3 is 9.84 Å². The molecule has 1 saturated heterocycles. The molecule has 0 bridgehead atoms. The van der Waals surface area contributed by atoms with Crippen molar-refractivity contribution in [2.24, 2.45) is 0 Å². The van der Waals surface area contributed by atoms with Gasteiger partial charge in [-0.3, -0.25) is 10.1 Å². The Labute approximate surface area is 107 Å². The van der Waals surface area contributed by atoms with Gasteiger partial charge >= 0.3 is 5.69 Å². The molecule has 1 N–H and O–H groups in total. The second-order valence-corrected chi connectivity index (χ2v) is 6.15. The van der Waals surface area contributed by atoms with E-state index in [1.807, 2.05) is 0 Å². The first-order chi connectivity index (χ1) is 8.13. The number of nitro benzene ring substituents is 1. The van der Waals surface area contributed by atoms with Gasteiger partial charge in [-0.05, 0) is 11.6 Å². The second kappa shape index (κ2) is 5.05. The molecular formula is C10H11NO4S2. The van der Waals surface area contributed by atoms with Crippen LogP contribution in [0.2, 0.25) is 0 Å². The minimum atomic E-state index is -0.592. The third-order valence-corrected chi connectivity index (χ3v) is 5.49. The van der Waals surface area contributed by atoms with Crippen LogP contribution < -0.4 is 4.74 Å². The molecule has 1 aliphatic rings. The Morgan fingerprint density at radius 1 is 1.47 bits per heavy atom. The SMILES string of the molecule is COc1cc(C2SCCS2)cc([N+](=O)[O-])c1O. The van der Waals surface area contributed by atoms with Gasteiger partial charge in [-0.25, -0.2) is 0 Å². The molecule has 5 nitrogen and oxygen atoms in total. The van der Waals surface area contributed by atoms with Crippen LogP contribution in [0.25, 0.3) is 0 Å². The predicted octanol–water partition coefficient (Wildman–Crippen LogP) is 2.79. The monoisotopic (exact) mass is 273 g/mol.